The number of hydrogen-bond acceptors (Lipinski definition) is 6. The van der Waals surface area contributed by atoms with Crippen LogP contribution in [0.15, 0.2) is 85.1 Å². The van der Waals surface area contributed by atoms with Crippen molar-refractivity contribution in [1.82, 2.24) is 0 Å². The third kappa shape index (κ3) is 69.3. The van der Waals surface area contributed by atoms with E-state index in [1.54, 1.807) is 0 Å². The van der Waals surface area contributed by atoms with Crippen LogP contribution in [0.3, 0.4) is 0 Å². The van der Waals surface area contributed by atoms with Gasteiger partial charge in [-0.3, -0.25) is 14.4 Å². The molecule has 0 saturated heterocycles. The molecule has 0 aliphatic rings. The Morgan fingerprint density at radius 3 is 0.723 bits per heavy atom. The SMILES string of the molecule is CCC/C=C\C/C=C\CCCCCCCC(=O)OCC(COC(=O)CCCCCCCCCCCCCCCC/C=C\C/C=C\C/C=C\CCCCCCC)OC(=O)CCCCCCCCCCCCC/C=C\C/C=C\CCCCCCC. The first-order valence-corrected chi connectivity index (χ1v) is 36.1. The van der Waals surface area contributed by atoms with Gasteiger partial charge in [0, 0.05) is 19.3 Å². The summed E-state index contributed by atoms with van der Waals surface area (Å²) >= 11 is 0. The number of hydrogen-bond donors (Lipinski definition) is 0. The average molecular weight is 1160 g/mol. The second-order valence-electron chi connectivity index (χ2n) is 24.1. The predicted octanol–water partition coefficient (Wildman–Crippen LogP) is 25.0. The lowest BCUT2D eigenvalue weighted by Gasteiger charge is -2.18. The van der Waals surface area contributed by atoms with Gasteiger partial charge in [-0.15, -0.1) is 0 Å². The summed E-state index contributed by atoms with van der Waals surface area (Å²) in [4.78, 5) is 38.4. The second-order valence-corrected chi connectivity index (χ2v) is 24.1. The Kier molecular flexibility index (Phi) is 68.2. The average Bonchev–Trinajstić information content (AvgIpc) is 3.49. The van der Waals surface area contributed by atoms with Crippen molar-refractivity contribution in [3.05, 3.63) is 85.1 Å². The summed E-state index contributed by atoms with van der Waals surface area (Å²) in [6, 6.07) is 0. The zero-order valence-electron chi connectivity index (χ0n) is 55.2. The molecular weight excluding hydrogens is 1020 g/mol. The number of unbranched alkanes of at least 4 members (excludes halogenated alkanes) is 41. The molecule has 0 fully saturated rings. The maximum absolute atomic E-state index is 13.0. The molecule has 0 rings (SSSR count). The number of rotatable bonds is 66. The molecule has 480 valence electrons. The van der Waals surface area contributed by atoms with Gasteiger partial charge >= 0.3 is 17.9 Å². The lowest BCUT2D eigenvalue weighted by Crippen LogP contribution is -2.30. The Morgan fingerprint density at radius 2 is 0.458 bits per heavy atom. The van der Waals surface area contributed by atoms with E-state index < -0.39 is 6.10 Å². The van der Waals surface area contributed by atoms with Gasteiger partial charge in [0.15, 0.2) is 6.10 Å². The molecule has 0 bridgehead atoms. The van der Waals surface area contributed by atoms with Crippen molar-refractivity contribution in [2.75, 3.05) is 13.2 Å². The maximum Gasteiger partial charge on any atom is 0.306 e. The van der Waals surface area contributed by atoms with Gasteiger partial charge in [0.1, 0.15) is 13.2 Å². The van der Waals surface area contributed by atoms with E-state index in [9.17, 15) is 14.4 Å². The van der Waals surface area contributed by atoms with Gasteiger partial charge in [-0.2, -0.15) is 0 Å². The number of carbonyl (C=O) groups excluding carboxylic acids is 3. The zero-order valence-corrected chi connectivity index (χ0v) is 55.2. The van der Waals surface area contributed by atoms with Crippen molar-refractivity contribution in [1.29, 1.82) is 0 Å². The molecule has 6 nitrogen and oxygen atoms in total. The molecule has 1 atom stereocenters. The van der Waals surface area contributed by atoms with Crippen LogP contribution in [0.5, 0.6) is 0 Å². The van der Waals surface area contributed by atoms with E-state index in [-0.39, 0.29) is 31.1 Å². The highest BCUT2D eigenvalue weighted by Crippen LogP contribution is 2.17. The highest BCUT2D eigenvalue weighted by atomic mass is 16.6. The van der Waals surface area contributed by atoms with Crippen molar-refractivity contribution < 1.29 is 28.6 Å². The topological polar surface area (TPSA) is 78.9 Å². The van der Waals surface area contributed by atoms with Crippen LogP contribution in [0.4, 0.5) is 0 Å². The smallest absolute Gasteiger partial charge is 0.306 e. The normalized spacial score (nSPS) is 12.6. The van der Waals surface area contributed by atoms with Crippen LogP contribution in [0.25, 0.3) is 0 Å². The van der Waals surface area contributed by atoms with E-state index in [0.717, 1.165) is 103 Å². The third-order valence-electron chi connectivity index (χ3n) is 15.8. The molecule has 0 aromatic carbocycles. The Balaban J connectivity index is 4.25. The molecule has 0 aromatic rings. The minimum absolute atomic E-state index is 0.0799. The molecule has 1 unspecified atom stereocenters. The van der Waals surface area contributed by atoms with Gasteiger partial charge in [-0.1, -0.05) is 318 Å². The van der Waals surface area contributed by atoms with Crippen molar-refractivity contribution in [3.8, 4) is 0 Å². The molecule has 83 heavy (non-hydrogen) atoms. The van der Waals surface area contributed by atoms with E-state index in [0.29, 0.717) is 19.3 Å². The lowest BCUT2D eigenvalue weighted by molar-refractivity contribution is -0.167. The molecule has 0 aliphatic carbocycles. The summed E-state index contributed by atoms with van der Waals surface area (Å²) in [7, 11) is 0. The molecule has 0 spiro atoms. The monoisotopic (exact) mass is 1160 g/mol. The Bertz CT molecular complexity index is 1570. The number of allylic oxidation sites excluding steroid dienone is 14. The molecule has 0 radical (unpaired) electrons. The zero-order chi connectivity index (χ0) is 59.9. The van der Waals surface area contributed by atoms with Crippen LogP contribution >= 0.6 is 0 Å². The van der Waals surface area contributed by atoms with E-state index in [1.165, 1.54) is 225 Å². The van der Waals surface area contributed by atoms with Crippen LogP contribution in [0, 0.1) is 0 Å². The van der Waals surface area contributed by atoms with Crippen molar-refractivity contribution >= 4 is 17.9 Å². The van der Waals surface area contributed by atoms with E-state index in [2.05, 4.69) is 106 Å². The fourth-order valence-electron chi connectivity index (χ4n) is 10.4. The summed E-state index contributed by atoms with van der Waals surface area (Å²) in [5.41, 5.74) is 0. The van der Waals surface area contributed by atoms with Gasteiger partial charge in [-0.25, -0.2) is 0 Å². The third-order valence-corrected chi connectivity index (χ3v) is 15.8. The van der Waals surface area contributed by atoms with E-state index >= 15 is 0 Å². The van der Waals surface area contributed by atoms with Gasteiger partial charge in [0.05, 0.1) is 0 Å². The summed E-state index contributed by atoms with van der Waals surface area (Å²) in [6.07, 6.45) is 94.7. The predicted molar refractivity (Wildman–Crippen MR) is 362 cm³/mol. The quantitative estimate of drug-likeness (QED) is 0.0261. The van der Waals surface area contributed by atoms with Gasteiger partial charge in [0.2, 0.25) is 0 Å². The summed E-state index contributed by atoms with van der Waals surface area (Å²) in [5.74, 6) is -0.880. The molecule has 0 aliphatic heterocycles. The molecule has 0 heterocycles. The fourth-order valence-corrected chi connectivity index (χ4v) is 10.4. The maximum atomic E-state index is 13.0. The Morgan fingerprint density at radius 1 is 0.241 bits per heavy atom. The van der Waals surface area contributed by atoms with Crippen LogP contribution < -0.4 is 0 Å². The molecule has 6 heteroatoms. The number of carbonyl (C=O) groups is 3. The van der Waals surface area contributed by atoms with Crippen LogP contribution in [-0.4, -0.2) is 37.2 Å². The highest BCUT2D eigenvalue weighted by Gasteiger charge is 2.19. The molecule has 0 amide bonds. The van der Waals surface area contributed by atoms with E-state index in [4.69, 9.17) is 14.2 Å². The van der Waals surface area contributed by atoms with Crippen molar-refractivity contribution in [3.63, 3.8) is 0 Å². The summed E-state index contributed by atoms with van der Waals surface area (Å²) in [5, 5.41) is 0. The van der Waals surface area contributed by atoms with E-state index in [1.807, 2.05) is 0 Å². The number of esters is 3. The van der Waals surface area contributed by atoms with Crippen molar-refractivity contribution in [2.45, 2.75) is 374 Å². The van der Waals surface area contributed by atoms with Crippen LogP contribution in [0.2, 0.25) is 0 Å². The van der Waals surface area contributed by atoms with Gasteiger partial charge in [0.25, 0.3) is 0 Å². The molecule has 0 aromatic heterocycles. The highest BCUT2D eigenvalue weighted by molar-refractivity contribution is 5.71. The lowest BCUT2D eigenvalue weighted by atomic mass is 10.0. The standard InChI is InChI=1S/C77H136O6/c1-4-7-10-13-16-19-22-25-27-29-31-33-35-36-37-38-39-40-42-43-45-47-49-52-55-58-61-64-67-70-76(79)82-73-74(72-81-75(78)69-66-63-60-57-54-51-24-21-18-15-12-9-6-3)83-77(80)71-68-65-62-59-56-53-50-48-46-44-41-34-32-30-28-26-23-20-17-14-11-8-5-2/h12,15,21-26,29-32,35-36,74H,4-11,13-14,16-20,27-28,33-34,37-73H2,1-3H3/b15-12-,24-21-,25-22-,26-23-,31-29-,32-30-,36-35-. The molecule has 0 N–H and O–H groups in total. The first kappa shape index (κ1) is 79.6. The fraction of sp³-hybridized carbons (Fsp3) is 0.779. The van der Waals surface area contributed by atoms with Crippen molar-refractivity contribution in [2.24, 2.45) is 0 Å². The van der Waals surface area contributed by atoms with Crippen LogP contribution in [0.1, 0.15) is 367 Å². The minimum Gasteiger partial charge on any atom is -0.462 e. The van der Waals surface area contributed by atoms with Gasteiger partial charge < -0.3 is 14.2 Å². The van der Waals surface area contributed by atoms with Gasteiger partial charge in [-0.05, 0) is 116 Å². The molecule has 0 saturated carbocycles. The largest absolute Gasteiger partial charge is 0.462 e. The Hall–Kier alpha value is -3.41. The number of ether oxygens (including phenoxy) is 3. The minimum atomic E-state index is -0.785. The summed E-state index contributed by atoms with van der Waals surface area (Å²) < 4.78 is 17.0. The van der Waals surface area contributed by atoms with Crippen LogP contribution in [-0.2, 0) is 28.6 Å². The Labute approximate surface area is 515 Å². The molecular formula is C77H136O6. The first-order valence-electron chi connectivity index (χ1n) is 36.1. The second kappa shape index (κ2) is 71.1. The summed E-state index contributed by atoms with van der Waals surface area (Å²) in [6.45, 7) is 6.59. The first-order chi connectivity index (χ1) is 41.0.